The molecule has 4 heteroatoms. The zero-order chi connectivity index (χ0) is 7.56. The number of halogens is 1. The molecule has 3 nitrogen and oxygen atoms in total. The van der Waals surface area contributed by atoms with Crippen LogP contribution in [0.4, 0.5) is 4.39 Å². The van der Waals surface area contributed by atoms with Crippen molar-refractivity contribution in [2.75, 3.05) is 19.7 Å². The molecular weight excluding hydrogens is 137 g/mol. The van der Waals surface area contributed by atoms with Gasteiger partial charge in [0.15, 0.2) is 0 Å². The lowest BCUT2D eigenvalue weighted by Gasteiger charge is -2.29. The molecule has 0 spiro atoms. The van der Waals surface area contributed by atoms with Gasteiger partial charge in [-0.15, -0.1) is 0 Å². The maximum absolute atomic E-state index is 12.8. The van der Waals surface area contributed by atoms with Gasteiger partial charge in [-0.05, 0) is 0 Å². The monoisotopic (exact) mass is 149 g/mol. The highest BCUT2D eigenvalue weighted by atomic mass is 19.1. The molecule has 0 unspecified atom stereocenters. The van der Waals surface area contributed by atoms with Crippen LogP contribution in [0, 0.1) is 5.92 Å². The zero-order valence-corrected chi connectivity index (χ0v) is 5.63. The van der Waals surface area contributed by atoms with Crippen LogP contribution in [-0.4, -0.2) is 42.2 Å². The molecule has 1 rings (SSSR count). The Morgan fingerprint density at radius 2 is 2.20 bits per heavy atom. The second-order valence-electron chi connectivity index (χ2n) is 2.61. The molecule has 60 valence electrons. The van der Waals surface area contributed by atoms with Gasteiger partial charge in [0.05, 0.1) is 6.10 Å². The van der Waals surface area contributed by atoms with Crippen molar-refractivity contribution in [3.05, 3.63) is 0 Å². The Balaban J connectivity index is 2.42. The molecule has 1 fully saturated rings. The molecule has 0 aliphatic carbocycles. The van der Waals surface area contributed by atoms with E-state index in [2.05, 4.69) is 5.32 Å². The third-order valence-electron chi connectivity index (χ3n) is 1.81. The summed E-state index contributed by atoms with van der Waals surface area (Å²) in [4.78, 5) is 0. The van der Waals surface area contributed by atoms with Crippen molar-refractivity contribution in [1.29, 1.82) is 0 Å². The maximum atomic E-state index is 12.8. The SMILES string of the molecule is OC[C@@H]1CNC[C@@H](O)[C@@H]1F. The molecule has 0 aromatic rings. The van der Waals surface area contributed by atoms with E-state index in [1.54, 1.807) is 0 Å². The Hall–Kier alpha value is -0.190. The van der Waals surface area contributed by atoms with Crippen molar-refractivity contribution < 1.29 is 14.6 Å². The Morgan fingerprint density at radius 1 is 1.50 bits per heavy atom. The molecule has 3 N–H and O–H groups in total. The number of rotatable bonds is 1. The number of hydrogen-bond acceptors (Lipinski definition) is 3. The van der Waals surface area contributed by atoms with E-state index in [1.807, 2.05) is 0 Å². The predicted molar refractivity (Wildman–Crippen MR) is 34.3 cm³/mol. The summed E-state index contributed by atoms with van der Waals surface area (Å²) in [6.07, 6.45) is -2.22. The summed E-state index contributed by atoms with van der Waals surface area (Å²) in [7, 11) is 0. The summed E-state index contributed by atoms with van der Waals surface area (Å²) in [6.45, 7) is 0.539. The summed E-state index contributed by atoms with van der Waals surface area (Å²) in [5, 5.41) is 20.3. The first-order valence-electron chi connectivity index (χ1n) is 3.39. The quantitative estimate of drug-likeness (QED) is 0.443. The first-order chi connectivity index (χ1) is 4.75. The van der Waals surface area contributed by atoms with Gasteiger partial charge in [-0.25, -0.2) is 4.39 Å². The molecule has 0 amide bonds. The summed E-state index contributed by atoms with van der Waals surface area (Å²) in [5.74, 6) is -0.441. The second kappa shape index (κ2) is 3.27. The van der Waals surface area contributed by atoms with Crippen LogP contribution in [0.1, 0.15) is 0 Å². The van der Waals surface area contributed by atoms with E-state index in [-0.39, 0.29) is 13.2 Å². The summed E-state index contributed by atoms with van der Waals surface area (Å²) in [6, 6.07) is 0. The number of aliphatic hydroxyl groups excluding tert-OH is 2. The summed E-state index contributed by atoms with van der Waals surface area (Å²) >= 11 is 0. The van der Waals surface area contributed by atoms with E-state index in [4.69, 9.17) is 10.2 Å². The number of β-amino-alcohol motifs (C(OH)–C–C–N with tert-alkyl or cyclic N) is 1. The van der Waals surface area contributed by atoms with Crippen LogP contribution in [0.25, 0.3) is 0 Å². The highest BCUT2D eigenvalue weighted by Gasteiger charge is 2.31. The molecule has 0 aromatic heterocycles. The maximum Gasteiger partial charge on any atom is 0.133 e. The molecule has 1 aliphatic heterocycles. The van der Waals surface area contributed by atoms with Crippen LogP contribution >= 0.6 is 0 Å². The van der Waals surface area contributed by atoms with Crippen LogP contribution < -0.4 is 5.32 Å². The van der Waals surface area contributed by atoms with Crippen molar-refractivity contribution in [3.8, 4) is 0 Å². The third-order valence-corrected chi connectivity index (χ3v) is 1.81. The van der Waals surface area contributed by atoms with E-state index < -0.39 is 18.2 Å². The molecule has 10 heavy (non-hydrogen) atoms. The van der Waals surface area contributed by atoms with E-state index in [1.165, 1.54) is 0 Å². The highest BCUT2D eigenvalue weighted by molar-refractivity contribution is 4.83. The molecule has 0 saturated carbocycles. The van der Waals surface area contributed by atoms with E-state index in [0.29, 0.717) is 6.54 Å². The minimum Gasteiger partial charge on any atom is -0.396 e. The fourth-order valence-corrected chi connectivity index (χ4v) is 1.12. The van der Waals surface area contributed by atoms with Crippen LogP contribution in [0.3, 0.4) is 0 Å². The molecule has 1 saturated heterocycles. The van der Waals surface area contributed by atoms with Crippen LogP contribution in [0.2, 0.25) is 0 Å². The molecule has 1 heterocycles. The van der Waals surface area contributed by atoms with E-state index >= 15 is 0 Å². The Kier molecular flexibility index (Phi) is 2.59. The first-order valence-corrected chi connectivity index (χ1v) is 3.39. The highest BCUT2D eigenvalue weighted by Crippen LogP contribution is 2.14. The Morgan fingerprint density at radius 3 is 2.70 bits per heavy atom. The molecule has 0 radical (unpaired) electrons. The van der Waals surface area contributed by atoms with Crippen molar-refractivity contribution in [1.82, 2.24) is 5.32 Å². The van der Waals surface area contributed by atoms with Crippen LogP contribution in [-0.2, 0) is 0 Å². The standard InChI is InChI=1S/C6H12FNO2/c7-6-4(3-9)1-8-2-5(6)10/h4-6,8-10H,1-3H2/t4-,5+,6+/m0/s1. The Labute approximate surface area is 58.9 Å². The number of alkyl halides is 1. The van der Waals surface area contributed by atoms with Crippen LogP contribution in [0.15, 0.2) is 0 Å². The van der Waals surface area contributed by atoms with Gasteiger partial charge in [0.1, 0.15) is 6.17 Å². The van der Waals surface area contributed by atoms with Crippen molar-refractivity contribution in [2.45, 2.75) is 12.3 Å². The topological polar surface area (TPSA) is 52.5 Å². The Bertz CT molecular complexity index is 112. The second-order valence-corrected chi connectivity index (χ2v) is 2.61. The smallest absolute Gasteiger partial charge is 0.133 e. The average molecular weight is 149 g/mol. The fraction of sp³-hybridized carbons (Fsp3) is 1.00. The molecule has 0 bridgehead atoms. The van der Waals surface area contributed by atoms with Gasteiger partial charge in [-0.1, -0.05) is 0 Å². The predicted octanol–water partition coefficient (Wildman–Crippen LogP) is -1.10. The van der Waals surface area contributed by atoms with E-state index in [9.17, 15) is 4.39 Å². The minimum atomic E-state index is -1.27. The lowest BCUT2D eigenvalue weighted by atomic mass is 9.96. The molecule has 3 atom stereocenters. The molecule has 1 aliphatic rings. The number of nitrogens with one attached hydrogen (secondary N) is 1. The molecular formula is C6H12FNO2. The normalized spacial score (nSPS) is 41.7. The van der Waals surface area contributed by atoms with Gasteiger partial charge in [0.25, 0.3) is 0 Å². The van der Waals surface area contributed by atoms with E-state index in [0.717, 1.165) is 0 Å². The largest absolute Gasteiger partial charge is 0.396 e. The number of hydrogen-bond donors (Lipinski definition) is 3. The van der Waals surface area contributed by atoms with Gasteiger partial charge in [0.2, 0.25) is 0 Å². The minimum absolute atomic E-state index is 0.203. The number of aliphatic hydroxyl groups is 2. The van der Waals surface area contributed by atoms with Crippen LogP contribution in [0.5, 0.6) is 0 Å². The van der Waals surface area contributed by atoms with Gasteiger partial charge in [-0.2, -0.15) is 0 Å². The fourth-order valence-electron chi connectivity index (χ4n) is 1.12. The molecule has 0 aromatic carbocycles. The lowest BCUT2D eigenvalue weighted by molar-refractivity contribution is 0.000116. The van der Waals surface area contributed by atoms with Crippen molar-refractivity contribution in [3.63, 3.8) is 0 Å². The lowest BCUT2D eigenvalue weighted by Crippen LogP contribution is -2.49. The zero-order valence-electron chi connectivity index (χ0n) is 5.63. The van der Waals surface area contributed by atoms with Crippen molar-refractivity contribution >= 4 is 0 Å². The van der Waals surface area contributed by atoms with Gasteiger partial charge >= 0.3 is 0 Å². The number of piperidine rings is 1. The van der Waals surface area contributed by atoms with Crippen molar-refractivity contribution in [2.24, 2.45) is 5.92 Å². The summed E-state index contributed by atoms with van der Waals surface area (Å²) in [5.41, 5.74) is 0. The van der Waals surface area contributed by atoms with Gasteiger partial charge < -0.3 is 15.5 Å². The first kappa shape index (κ1) is 7.91. The summed E-state index contributed by atoms with van der Waals surface area (Å²) < 4.78 is 12.8. The van der Waals surface area contributed by atoms with Gasteiger partial charge in [-0.3, -0.25) is 0 Å². The third kappa shape index (κ3) is 1.45. The average Bonchev–Trinajstić information content (AvgIpc) is 1.95. The van der Waals surface area contributed by atoms with Gasteiger partial charge in [0, 0.05) is 25.6 Å².